The van der Waals surface area contributed by atoms with Crippen LogP contribution in [0.2, 0.25) is 5.02 Å². The highest BCUT2D eigenvalue weighted by atomic mass is 35.5. The molecule has 0 radical (unpaired) electrons. The van der Waals surface area contributed by atoms with Crippen LogP contribution in [0.4, 0.5) is 5.69 Å². The van der Waals surface area contributed by atoms with Gasteiger partial charge in [0.05, 0.1) is 18.2 Å². The summed E-state index contributed by atoms with van der Waals surface area (Å²) in [5.74, 6) is -0.0350. The molecule has 2 unspecified atom stereocenters. The molecule has 3 heterocycles. The first-order valence-electron chi connectivity index (χ1n) is 8.28. The molecule has 2 aromatic rings. The largest absolute Gasteiger partial charge is 0.311 e. The summed E-state index contributed by atoms with van der Waals surface area (Å²) in [4.78, 5) is 15.0. The van der Waals surface area contributed by atoms with Crippen molar-refractivity contribution in [2.75, 3.05) is 18.0 Å². The van der Waals surface area contributed by atoms with Gasteiger partial charge < -0.3 is 4.90 Å². The summed E-state index contributed by atoms with van der Waals surface area (Å²) in [6.07, 6.45) is 4.65. The number of aryl methyl sites for hydroxylation is 1. The van der Waals surface area contributed by atoms with E-state index in [9.17, 15) is 4.79 Å². The first kappa shape index (κ1) is 15.6. The maximum Gasteiger partial charge on any atom is 0.233 e. The van der Waals surface area contributed by atoms with Gasteiger partial charge in [0.25, 0.3) is 0 Å². The number of rotatable bonds is 3. The van der Waals surface area contributed by atoms with Crippen LogP contribution in [0.5, 0.6) is 0 Å². The van der Waals surface area contributed by atoms with E-state index in [4.69, 9.17) is 11.6 Å². The van der Waals surface area contributed by atoms with Crippen molar-refractivity contribution in [3.8, 4) is 0 Å². The normalized spacial score (nSPS) is 22.8. The molecule has 0 aliphatic carbocycles. The minimum Gasteiger partial charge on any atom is -0.311 e. The van der Waals surface area contributed by atoms with Crippen LogP contribution in [0.15, 0.2) is 30.6 Å². The smallest absolute Gasteiger partial charge is 0.233 e. The molecule has 2 N–H and O–H groups in total. The Kier molecular flexibility index (Phi) is 4.04. The lowest BCUT2D eigenvalue weighted by molar-refractivity contribution is -0.122. The number of nitrogens with zero attached hydrogens (tertiary/aromatic N) is 3. The summed E-state index contributed by atoms with van der Waals surface area (Å²) in [6.45, 7) is 4.16. The lowest BCUT2D eigenvalue weighted by Crippen LogP contribution is -2.38. The fourth-order valence-corrected chi connectivity index (χ4v) is 3.84. The molecule has 0 bridgehead atoms. The Balaban J connectivity index is 1.59. The molecule has 24 heavy (non-hydrogen) atoms. The van der Waals surface area contributed by atoms with Crippen LogP contribution >= 0.6 is 11.6 Å². The zero-order chi connectivity index (χ0) is 16.7. The van der Waals surface area contributed by atoms with Crippen LogP contribution in [0.25, 0.3) is 0 Å². The van der Waals surface area contributed by atoms with E-state index in [1.54, 1.807) is 0 Å². The van der Waals surface area contributed by atoms with Gasteiger partial charge in [0.2, 0.25) is 5.91 Å². The van der Waals surface area contributed by atoms with Gasteiger partial charge in [-0.2, -0.15) is 5.10 Å². The lowest BCUT2D eigenvalue weighted by atomic mass is 9.95. The van der Waals surface area contributed by atoms with Crippen molar-refractivity contribution in [1.82, 2.24) is 20.6 Å². The average molecular weight is 346 g/mol. The molecule has 126 valence electrons. The van der Waals surface area contributed by atoms with Gasteiger partial charge in [0.1, 0.15) is 0 Å². The second-order valence-corrected chi connectivity index (χ2v) is 6.62. The van der Waals surface area contributed by atoms with Crippen molar-refractivity contribution in [3.05, 3.63) is 46.7 Å². The number of halogens is 1. The Morgan fingerprint density at radius 3 is 3.12 bits per heavy atom. The number of hydrogen-bond donors (Lipinski definition) is 2. The number of anilines is 1. The molecule has 1 aromatic heterocycles. The minimum absolute atomic E-state index is 0.0685. The Labute approximate surface area is 145 Å². The molecular weight excluding hydrogens is 326 g/mol. The molecule has 6 nitrogen and oxygen atoms in total. The van der Waals surface area contributed by atoms with E-state index in [-0.39, 0.29) is 17.9 Å². The van der Waals surface area contributed by atoms with E-state index in [0.29, 0.717) is 13.1 Å². The van der Waals surface area contributed by atoms with Gasteiger partial charge in [-0.1, -0.05) is 17.7 Å². The maximum absolute atomic E-state index is 13.2. The number of hydrogen-bond acceptors (Lipinski definition) is 4. The second kappa shape index (κ2) is 6.20. The molecular formula is C17H20ClN5O. The molecule has 4 rings (SSSR count). The standard InChI is InChI=1S/C17H20ClN5O/c1-2-22-10-11(8-20-22)16-13(9-19-21-16)17(24)23-7-6-12-14(18)4-3-5-15(12)23/h3-5,8,10,13,16,19,21H,2,6-7,9H2,1H3. The highest BCUT2D eigenvalue weighted by Gasteiger charge is 2.39. The summed E-state index contributed by atoms with van der Waals surface area (Å²) in [7, 11) is 0. The van der Waals surface area contributed by atoms with Crippen LogP contribution in [0, 0.1) is 5.92 Å². The monoisotopic (exact) mass is 345 g/mol. The van der Waals surface area contributed by atoms with E-state index in [0.717, 1.165) is 34.8 Å². The van der Waals surface area contributed by atoms with Gasteiger partial charge in [0, 0.05) is 42.1 Å². The van der Waals surface area contributed by atoms with Gasteiger partial charge in [0.15, 0.2) is 0 Å². The minimum atomic E-state index is -0.163. The summed E-state index contributed by atoms with van der Waals surface area (Å²) >= 11 is 6.27. The third kappa shape index (κ3) is 2.51. The van der Waals surface area contributed by atoms with Crippen molar-refractivity contribution in [2.24, 2.45) is 5.92 Å². The molecule has 1 saturated heterocycles. The number of nitrogens with one attached hydrogen (secondary N) is 2. The average Bonchev–Trinajstić information content (AvgIpc) is 3.32. The van der Waals surface area contributed by atoms with E-state index in [1.165, 1.54) is 0 Å². The van der Waals surface area contributed by atoms with Crippen molar-refractivity contribution >= 4 is 23.2 Å². The number of carbonyl (C=O) groups is 1. The van der Waals surface area contributed by atoms with Gasteiger partial charge in [-0.15, -0.1) is 0 Å². The summed E-state index contributed by atoms with van der Waals surface area (Å²) in [5, 5.41) is 5.07. The van der Waals surface area contributed by atoms with Crippen molar-refractivity contribution in [3.63, 3.8) is 0 Å². The van der Waals surface area contributed by atoms with E-state index >= 15 is 0 Å². The molecule has 1 amide bonds. The molecule has 7 heteroatoms. The Morgan fingerprint density at radius 2 is 2.33 bits per heavy atom. The van der Waals surface area contributed by atoms with Crippen molar-refractivity contribution in [1.29, 1.82) is 0 Å². The second-order valence-electron chi connectivity index (χ2n) is 6.22. The number of fused-ring (bicyclic) bond motifs is 1. The topological polar surface area (TPSA) is 62.2 Å². The number of aromatic nitrogens is 2. The SMILES string of the molecule is CCn1cc(C2NNCC2C(=O)N2CCc3c(Cl)cccc32)cn1. The van der Waals surface area contributed by atoms with E-state index in [1.807, 2.05) is 47.1 Å². The van der Waals surface area contributed by atoms with E-state index in [2.05, 4.69) is 16.0 Å². The van der Waals surface area contributed by atoms with Gasteiger partial charge >= 0.3 is 0 Å². The lowest BCUT2D eigenvalue weighted by Gasteiger charge is -2.24. The Hall–Kier alpha value is -1.89. The molecule has 0 spiro atoms. The highest BCUT2D eigenvalue weighted by molar-refractivity contribution is 6.32. The highest BCUT2D eigenvalue weighted by Crippen LogP contribution is 2.36. The van der Waals surface area contributed by atoms with Crippen LogP contribution in [-0.2, 0) is 17.8 Å². The summed E-state index contributed by atoms with van der Waals surface area (Å²) in [6, 6.07) is 5.70. The van der Waals surface area contributed by atoms with Gasteiger partial charge in [-0.3, -0.25) is 14.9 Å². The molecule has 2 aliphatic heterocycles. The zero-order valence-corrected chi connectivity index (χ0v) is 14.3. The van der Waals surface area contributed by atoms with Gasteiger partial charge in [-0.25, -0.2) is 5.43 Å². The molecule has 2 aliphatic rings. The zero-order valence-electron chi connectivity index (χ0n) is 13.5. The van der Waals surface area contributed by atoms with Crippen LogP contribution in [0.1, 0.15) is 24.1 Å². The van der Waals surface area contributed by atoms with Crippen LogP contribution < -0.4 is 15.8 Å². The number of benzene rings is 1. The summed E-state index contributed by atoms with van der Waals surface area (Å²) < 4.78 is 1.88. The molecule has 1 aromatic carbocycles. The summed E-state index contributed by atoms with van der Waals surface area (Å²) in [5.41, 5.74) is 9.40. The predicted octanol–water partition coefficient (Wildman–Crippen LogP) is 1.91. The fourth-order valence-electron chi connectivity index (χ4n) is 3.58. The first-order chi connectivity index (χ1) is 11.7. The Morgan fingerprint density at radius 1 is 1.46 bits per heavy atom. The van der Waals surface area contributed by atoms with Crippen molar-refractivity contribution in [2.45, 2.75) is 25.9 Å². The fraction of sp³-hybridized carbons (Fsp3) is 0.412. The number of amides is 1. The molecule has 1 fully saturated rings. The van der Waals surface area contributed by atoms with Crippen molar-refractivity contribution < 1.29 is 4.79 Å². The van der Waals surface area contributed by atoms with Crippen LogP contribution in [-0.4, -0.2) is 28.8 Å². The van der Waals surface area contributed by atoms with Crippen LogP contribution in [0.3, 0.4) is 0 Å². The number of carbonyl (C=O) groups excluding carboxylic acids is 1. The first-order valence-corrected chi connectivity index (χ1v) is 8.66. The molecule has 2 atom stereocenters. The maximum atomic E-state index is 13.2. The number of hydrazine groups is 1. The van der Waals surface area contributed by atoms with E-state index < -0.39 is 0 Å². The predicted molar refractivity (Wildman–Crippen MR) is 92.8 cm³/mol. The third-order valence-corrected chi connectivity index (χ3v) is 5.23. The van der Waals surface area contributed by atoms with Gasteiger partial charge in [-0.05, 0) is 31.0 Å². The third-order valence-electron chi connectivity index (χ3n) is 4.87. The quantitative estimate of drug-likeness (QED) is 0.892. The Bertz CT molecular complexity index is 774. The molecule has 0 saturated carbocycles.